The second-order valence-corrected chi connectivity index (χ2v) is 8.55. The molecule has 6 nitrogen and oxygen atoms in total. The molecule has 0 atom stereocenters. The lowest BCUT2D eigenvalue weighted by Gasteiger charge is -2.25. The maximum Gasteiger partial charge on any atom is 0.191 e. The first-order valence-corrected chi connectivity index (χ1v) is 11.5. The highest BCUT2D eigenvalue weighted by Gasteiger charge is 2.24. The Morgan fingerprint density at radius 2 is 1.73 bits per heavy atom. The maximum atomic E-state index is 5.51. The first kappa shape index (κ1) is 20.7. The topological polar surface area (TPSA) is 62.1 Å². The van der Waals surface area contributed by atoms with Crippen molar-refractivity contribution in [2.75, 3.05) is 20.0 Å². The SMILES string of the molecule is COc1ccc(-c2nnc(SCCc3ccncc3)n2C2CCCCC2)cc1OC. The number of benzene rings is 1. The molecule has 2 aromatic heterocycles. The Balaban J connectivity index is 1.62. The van der Waals surface area contributed by atoms with Crippen LogP contribution in [0, 0.1) is 0 Å². The van der Waals surface area contributed by atoms with E-state index in [1.165, 1.54) is 37.7 Å². The standard InChI is InChI=1S/C23H28N4O2S/c1-28-20-9-8-18(16-21(20)29-2)22-25-26-23(27(22)19-6-4-3-5-7-19)30-15-12-17-10-13-24-14-11-17/h8-11,13-14,16,19H,3-7,12,15H2,1-2H3. The molecule has 0 unspecified atom stereocenters. The van der Waals surface area contributed by atoms with E-state index < -0.39 is 0 Å². The number of rotatable bonds is 8. The fraction of sp³-hybridized carbons (Fsp3) is 0.435. The summed E-state index contributed by atoms with van der Waals surface area (Å²) < 4.78 is 13.3. The lowest BCUT2D eigenvalue weighted by Crippen LogP contribution is -2.15. The predicted octanol–water partition coefficient (Wildman–Crippen LogP) is 5.20. The van der Waals surface area contributed by atoms with Crippen LogP contribution >= 0.6 is 11.8 Å². The lowest BCUT2D eigenvalue weighted by molar-refractivity contribution is 0.339. The molecular weight excluding hydrogens is 396 g/mol. The summed E-state index contributed by atoms with van der Waals surface area (Å²) in [5.41, 5.74) is 2.30. The molecule has 158 valence electrons. The van der Waals surface area contributed by atoms with Crippen molar-refractivity contribution in [2.24, 2.45) is 0 Å². The van der Waals surface area contributed by atoms with E-state index in [-0.39, 0.29) is 0 Å². The molecule has 0 amide bonds. The molecule has 1 aliphatic rings. The Hall–Kier alpha value is -2.54. The highest BCUT2D eigenvalue weighted by atomic mass is 32.2. The fourth-order valence-corrected chi connectivity index (χ4v) is 5.02. The van der Waals surface area contributed by atoms with Gasteiger partial charge in [-0.1, -0.05) is 31.0 Å². The molecule has 0 bridgehead atoms. The zero-order valence-corrected chi connectivity index (χ0v) is 18.4. The van der Waals surface area contributed by atoms with Crippen LogP contribution in [0.15, 0.2) is 47.9 Å². The molecule has 1 saturated carbocycles. The summed E-state index contributed by atoms with van der Waals surface area (Å²) in [4.78, 5) is 4.10. The second kappa shape index (κ2) is 9.98. The van der Waals surface area contributed by atoms with Crippen molar-refractivity contribution in [2.45, 2.75) is 49.7 Å². The fourth-order valence-electron chi connectivity index (χ4n) is 4.03. The van der Waals surface area contributed by atoms with Gasteiger partial charge < -0.3 is 9.47 Å². The van der Waals surface area contributed by atoms with Gasteiger partial charge in [0.25, 0.3) is 0 Å². The maximum absolute atomic E-state index is 5.51. The molecule has 4 rings (SSSR count). The largest absolute Gasteiger partial charge is 0.493 e. The molecule has 0 saturated heterocycles. The number of pyridine rings is 1. The molecule has 1 aromatic carbocycles. The van der Waals surface area contributed by atoms with Gasteiger partial charge in [0.2, 0.25) is 0 Å². The minimum absolute atomic E-state index is 0.445. The average molecular weight is 425 g/mol. The van der Waals surface area contributed by atoms with Gasteiger partial charge in [-0.3, -0.25) is 9.55 Å². The smallest absolute Gasteiger partial charge is 0.191 e. The number of ether oxygens (including phenoxy) is 2. The second-order valence-electron chi connectivity index (χ2n) is 7.49. The summed E-state index contributed by atoms with van der Waals surface area (Å²) in [6, 6.07) is 10.6. The molecule has 0 N–H and O–H groups in total. The van der Waals surface area contributed by atoms with Gasteiger partial charge in [-0.25, -0.2) is 0 Å². The normalized spacial score (nSPS) is 14.6. The molecule has 0 aliphatic heterocycles. The molecule has 2 heterocycles. The highest BCUT2D eigenvalue weighted by Crippen LogP contribution is 2.38. The first-order chi connectivity index (χ1) is 14.8. The van der Waals surface area contributed by atoms with Crippen LogP contribution in [-0.4, -0.2) is 39.7 Å². The van der Waals surface area contributed by atoms with Crippen LogP contribution in [0.3, 0.4) is 0 Å². The van der Waals surface area contributed by atoms with E-state index in [1.54, 1.807) is 26.0 Å². The summed E-state index contributed by atoms with van der Waals surface area (Å²) in [6.07, 6.45) is 10.9. The van der Waals surface area contributed by atoms with Crippen LogP contribution in [-0.2, 0) is 6.42 Å². The summed E-state index contributed by atoms with van der Waals surface area (Å²) in [7, 11) is 3.31. The van der Waals surface area contributed by atoms with Crippen molar-refractivity contribution in [3.05, 3.63) is 48.3 Å². The minimum atomic E-state index is 0.445. The number of aryl methyl sites for hydroxylation is 1. The van der Waals surface area contributed by atoms with E-state index in [2.05, 4.69) is 31.9 Å². The summed E-state index contributed by atoms with van der Waals surface area (Å²) >= 11 is 1.78. The zero-order valence-electron chi connectivity index (χ0n) is 17.6. The quantitative estimate of drug-likeness (QED) is 0.463. The summed E-state index contributed by atoms with van der Waals surface area (Å²) in [5.74, 6) is 3.30. The Bertz CT molecular complexity index is 955. The van der Waals surface area contributed by atoms with Crippen molar-refractivity contribution < 1.29 is 9.47 Å². The van der Waals surface area contributed by atoms with E-state index in [1.807, 2.05) is 30.6 Å². The predicted molar refractivity (Wildman–Crippen MR) is 119 cm³/mol. The number of hydrogen-bond donors (Lipinski definition) is 0. The number of aromatic nitrogens is 4. The van der Waals surface area contributed by atoms with E-state index in [4.69, 9.17) is 9.47 Å². The van der Waals surface area contributed by atoms with Crippen LogP contribution in [0.1, 0.15) is 43.7 Å². The number of thioether (sulfide) groups is 1. The molecular formula is C23H28N4O2S. The third-order valence-corrected chi connectivity index (χ3v) is 6.56. The van der Waals surface area contributed by atoms with Crippen molar-refractivity contribution >= 4 is 11.8 Å². The third-order valence-electron chi connectivity index (χ3n) is 5.62. The van der Waals surface area contributed by atoms with Gasteiger partial charge in [-0.05, 0) is 55.2 Å². The van der Waals surface area contributed by atoms with E-state index in [0.29, 0.717) is 11.8 Å². The van der Waals surface area contributed by atoms with Crippen LogP contribution in [0.4, 0.5) is 0 Å². The number of hydrogen-bond acceptors (Lipinski definition) is 6. The molecule has 3 aromatic rings. The van der Waals surface area contributed by atoms with Gasteiger partial charge in [0, 0.05) is 29.8 Å². The summed E-state index contributed by atoms with van der Waals surface area (Å²) in [5, 5.41) is 10.2. The highest BCUT2D eigenvalue weighted by molar-refractivity contribution is 7.99. The Kier molecular flexibility index (Phi) is 6.89. The van der Waals surface area contributed by atoms with E-state index in [9.17, 15) is 0 Å². The number of methoxy groups -OCH3 is 2. The molecule has 0 spiro atoms. The van der Waals surface area contributed by atoms with Gasteiger partial charge in [0.15, 0.2) is 22.5 Å². The van der Waals surface area contributed by atoms with Gasteiger partial charge >= 0.3 is 0 Å². The van der Waals surface area contributed by atoms with Crippen molar-refractivity contribution in [3.63, 3.8) is 0 Å². The summed E-state index contributed by atoms with van der Waals surface area (Å²) in [6.45, 7) is 0. The van der Waals surface area contributed by atoms with Gasteiger partial charge in [-0.15, -0.1) is 10.2 Å². The van der Waals surface area contributed by atoms with Crippen LogP contribution < -0.4 is 9.47 Å². The van der Waals surface area contributed by atoms with Crippen molar-refractivity contribution in [1.29, 1.82) is 0 Å². The zero-order chi connectivity index (χ0) is 20.8. The van der Waals surface area contributed by atoms with Gasteiger partial charge in [0.1, 0.15) is 0 Å². The Morgan fingerprint density at radius 1 is 0.967 bits per heavy atom. The number of nitrogens with zero attached hydrogens (tertiary/aromatic N) is 4. The first-order valence-electron chi connectivity index (χ1n) is 10.5. The van der Waals surface area contributed by atoms with Crippen molar-refractivity contribution in [1.82, 2.24) is 19.7 Å². The van der Waals surface area contributed by atoms with Crippen LogP contribution in [0.25, 0.3) is 11.4 Å². The van der Waals surface area contributed by atoms with E-state index >= 15 is 0 Å². The van der Waals surface area contributed by atoms with Crippen LogP contribution in [0.5, 0.6) is 11.5 Å². The van der Waals surface area contributed by atoms with Gasteiger partial charge in [0.05, 0.1) is 14.2 Å². The van der Waals surface area contributed by atoms with Gasteiger partial charge in [-0.2, -0.15) is 0 Å². The lowest BCUT2D eigenvalue weighted by atomic mass is 9.95. The Morgan fingerprint density at radius 3 is 2.47 bits per heavy atom. The van der Waals surface area contributed by atoms with E-state index in [0.717, 1.165) is 34.5 Å². The average Bonchev–Trinajstić information content (AvgIpc) is 3.23. The molecule has 0 radical (unpaired) electrons. The monoisotopic (exact) mass is 424 g/mol. The minimum Gasteiger partial charge on any atom is -0.493 e. The van der Waals surface area contributed by atoms with Crippen LogP contribution in [0.2, 0.25) is 0 Å². The third kappa shape index (κ3) is 4.61. The van der Waals surface area contributed by atoms with Crippen molar-refractivity contribution in [3.8, 4) is 22.9 Å². The molecule has 1 fully saturated rings. The molecule has 7 heteroatoms. The molecule has 1 aliphatic carbocycles. The molecule has 30 heavy (non-hydrogen) atoms. The Labute approximate surface area is 182 Å².